The van der Waals surface area contributed by atoms with Crippen LogP contribution in [0.25, 0.3) is 11.1 Å². The second kappa shape index (κ2) is 7.32. The first-order chi connectivity index (χ1) is 13.8. The summed E-state index contributed by atoms with van der Waals surface area (Å²) in [5.41, 5.74) is 7.30. The Labute approximate surface area is 172 Å². The lowest BCUT2D eigenvalue weighted by Crippen LogP contribution is -2.12. The van der Waals surface area contributed by atoms with Crippen LogP contribution in [0.2, 0.25) is 0 Å². The summed E-state index contributed by atoms with van der Waals surface area (Å²) < 4.78 is 36.1. The lowest BCUT2D eigenvalue weighted by atomic mass is 9.94. The standard InChI is InChI=1S/C24H24O4S/c1-15-11-12-23(29(25,26)27-4)21(13-15)22-14-18-8-6-10-20(24(18)28-22)19-9-5-7-16(2)17(19)3/h5-13,22H,14H2,1-4H3. The third-order valence-corrected chi connectivity index (χ3v) is 7.01. The van der Waals surface area contributed by atoms with E-state index in [4.69, 9.17) is 8.92 Å². The van der Waals surface area contributed by atoms with Gasteiger partial charge in [0.25, 0.3) is 10.1 Å². The van der Waals surface area contributed by atoms with Crippen molar-refractivity contribution in [3.05, 3.63) is 82.4 Å². The molecule has 1 aliphatic heterocycles. The average molecular weight is 409 g/mol. The fourth-order valence-corrected chi connectivity index (χ4v) is 4.83. The Hall–Kier alpha value is -2.63. The van der Waals surface area contributed by atoms with E-state index in [9.17, 15) is 8.42 Å². The van der Waals surface area contributed by atoms with Gasteiger partial charge in [-0.1, -0.05) is 54.1 Å². The molecule has 0 aromatic heterocycles. The van der Waals surface area contributed by atoms with Crippen LogP contribution in [-0.2, 0) is 20.7 Å². The monoisotopic (exact) mass is 408 g/mol. The van der Waals surface area contributed by atoms with Gasteiger partial charge >= 0.3 is 0 Å². The maximum atomic E-state index is 12.5. The van der Waals surface area contributed by atoms with Crippen LogP contribution in [0.15, 0.2) is 59.5 Å². The molecule has 1 aliphatic rings. The van der Waals surface area contributed by atoms with Crippen LogP contribution in [0.4, 0.5) is 0 Å². The lowest BCUT2D eigenvalue weighted by molar-refractivity contribution is 0.235. The number of para-hydroxylation sites is 1. The van der Waals surface area contributed by atoms with Gasteiger partial charge in [-0.2, -0.15) is 8.42 Å². The van der Waals surface area contributed by atoms with Crippen LogP contribution >= 0.6 is 0 Å². The highest BCUT2D eigenvalue weighted by Gasteiger charge is 2.32. The van der Waals surface area contributed by atoms with Gasteiger partial charge in [-0.25, -0.2) is 0 Å². The third-order valence-electron chi connectivity index (χ3n) is 5.66. The predicted octanol–water partition coefficient (Wildman–Crippen LogP) is 5.29. The largest absolute Gasteiger partial charge is 0.484 e. The van der Waals surface area contributed by atoms with Gasteiger partial charge in [0, 0.05) is 17.5 Å². The molecule has 4 nitrogen and oxygen atoms in total. The second-order valence-electron chi connectivity index (χ2n) is 7.51. The summed E-state index contributed by atoms with van der Waals surface area (Å²) in [4.78, 5) is 0.164. The van der Waals surface area contributed by atoms with Gasteiger partial charge in [0.2, 0.25) is 0 Å². The SMILES string of the molecule is COS(=O)(=O)c1ccc(C)cc1C1Cc2cccc(-c3cccc(C)c3C)c2O1. The number of aryl methyl sites for hydroxylation is 2. The number of fused-ring (bicyclic) bond motifs is 1. The first kappa shape index (κ1) is 19.7. The molecule has 0 saturated heterocycles. The maximum absolute atomic E-state index is 12.5. The predicted molar refractivity (Wildman–Crippen MR) is 114 cm³/mol. The molecule has 0 amide bonds. The fraction of sp³-hybridized carbons (Fsp3) is 0.250. The average Bonchev–Trinajstić information content (AvgIpc) is 3.14. The van der Waals surface area contributed by atoms with Crippen LogP contribution in [0.3, 0.4) is 0 Å². The van der Waals surface area contributed by atoms with Crippen molar-refractivity contribution in [2.45, 2.75) is 38.2 Å². The molecule has 1 heterocycles. The molecule has 150 valence electrons. The van der Waals surface area contributed by atoms with E-state index in [0.29, 0.717) is 12.0 Å². The molecule has 1 atom stereocenters. The van der Waals surface area contributed by atoms with E-state index >= 15 is 0 Å². The normalized spacial score (nSPS) is 15.8. The van der Waals surface area contributed by atoms with Gasteiger partial charge in [0.05, 0.1) is 7.11 Å². The molecular weight excluding hydrogens is 384 g/mol. The van der Waals surface area contributed by atoms with Gasteiger partial charge in [0.1, 0.15) is 16.7 Å². The van der Waals surface area contributed by atoms with Gasteiger partial charge < -0.3 is 4.74 Å². The molecule has 5 heteroatoms. The maximum Gasteiger partial charge on any atom is 0.297 e. The number of hydrogen-bond donors (Lipinski definition) is 0. The molecule has 0 aliphatic carbocycles. The molecule has 0 spiro atoms. The summed E-state index contributed by atoms with van der Waals surface area (Å²) in [6.45, 7) is 6.15. The molecule has 3 aromatic carbocycles. The molecule has 0 fully saturated rings. The van der Waals surface area contributed by atoms with Gasteiger partial charge in [-0.05, 0) is 49.1 Å². The van der Waals surface area contributed by atoms with E-state index in [-0.39, 0.29) is 11.0 Å². The minimum Gasteiger partial charge on any atom is -0.484 e. The molecule has 0 bridgehead atoms. The van der Waals surface area contributed by atoms with Crippen molar-refractivity contribution in [1.82, 2.24) is 0 Å². The minimum atomic E-state index is -3.82. The molecular formula is C24H24O4S. The van der Waals surface area contributed by atoms with Crippen LogP contribution < -0.4 is 4.74 Å². The Kier molecular flexibility index (Phi) is 4.97. The zero-order valence-corrected chi connectivity index (χ0v) is 17.8. The highest BCUT2D eigenvalue weighted by atomic mass is 32.2. The van der Waals surface area contributed by atoms with Gasteiger partial charge in [-0.3, -0.25) is 4.18 Å². The van der Waals surface area contributed by atoms with Gasteiger partial charge in [-0.15, -0.1) is 0 Å². The molecule has 1 unspecified atom stereocenters. The molecule has 3 aromatic rings. The molecule has 29 heavy (non-hydrogen) atoms. The number of ether oxygens (including phenoxy) is 1. The van der Waals surface area contributed by atoms with Crippen molar-refractivity contribution in [2.24, 2.45) is 0 Å². The first-order valence-corrected chi connectivity index (χ1v) is 11.0. The van der Waals surface area contributed by atoms with Crippen molar-refractivity contribution in [3.8, 4) is 16.9 Å². The lowest BCUT2D eigenvalue weighted by Gasteiger charge is -2.17. The summed E-state index contributed by atoms with van der Waals surface area (Å²) in [6, 6.07) is 17.6. The van der Waals surface area contributed by atoms with Crippen molar-refractivity contribution in [3.63, 3.8) is 0 Å². The van der Waals surface area contributed by atoms with E-state index in [1.54, 1.807) is 12.1 Å². The molecule has 0 radical (unpaired) electrons. The summed E-state index contributed by atoms with van der Waals surface area (Å²) in [5.74, 6) is 0.827. The Morgan fingerprint density at radius 3 is 2.45 bits per heavy atom. The van der Waals surface area contributed by atoms with Gasteiger partial charge in [0.15, 0.2) is 0 Å². The molecule has 0 saturated carbocycles. The van der Waals surface area contributed by atoms with E-state index in [0.717, 1.165) is 28.0 Å². The third kappa shape index (κ3) is 3.45. The van der Waals surface area contributed by atoms with E-state index < -0.39 is 10.1 Å². The highest BCUT2D eigenvalue weighted by Crippen LogP contribution is 2.45. The summed E-state index contributed by atoms with van der Waals surface area (Å²) in [5, 5.41) is 0. The smallest absolute Gasteiger partial charge is 0.297 e. The quantitative estimate of drug-likeness (QED) is 0.551. The number of hydrogen-bond acceptors (Lipinski definition) is 4. The first-order valence-electron chi connectivity index (χ1n) is 9.58. The van der Waals surface area contributed by atoms with Crippen LogP contribution in [-0.4, -0.2) is 15.5 Å². The van der Waals surface area contributed by atoms with Crippen LogP contribution in [0, 0.1) is 20.8 Å². The zero-order chi connectivity index (χ0) is 20.8. The van der Waals surface area contributed by atoms with Crippen molar-refractivity contribution < 1.29 is 17.3 Å². The van der Waals surface area contributed by atoms with Crippen LogP contribution in [0.5, 0.6) is 5.75 Å². The Morgan fingerprint density at radius 1 is 0.966 bits per heavy atom. The molecule has 4 rings (SSSR count). The zero-order valence-electron chi connectivity index (χ0n) is 17.0. The summed E-state index contributed by atoms with van der Waals surface area (Å²) >= 11 is 0. The van der Waals surface area contributed by atoms with E-state index in [2.05, 4.69) is 32.0 Å². The van der Waals surface area contributed by atoms with Crippen molar-refractivity contribution in [2.75, 3.05) is 7.11 Å². The fourth-order valence-electron chi connectivity index (χ4n) is 3.93. The molecule has 0 N–H and O–H groups in total. The summed E-state index contributed by atoms with van der Waals surface area (Å²) in [7, 11) is -2.64. The van der Waals surface area contributed by atoms with Crippen LogP contribution in [0.1, 0.15) is 33.9 Å². The van der Waals surface area contributed by atoms with Crippen molar-refractivity contribution in [1.29, 1.82) is 0 Å². The highest BCUT2D eigenvalue weighted by molar-refractivity contribution is 7.86. The Balaban J connectivity index is 1.81. The van der Waals surface area contributed by atoms with E-state index in [1.807, 2.05) is 31.2 Å². The van der Waals surface area contributed by atoms with E-state index in [1.165, 1.54) is 18.2 Å². The number of rotatable bonds is 4. The van der Waals surface area contributed by atoms with Crippen molar-refractivity contribution >= 4 is 10.1 Å². The summed E-state index contributed by atoms with van der Waals surface area (Å²) in [6.07, 6.45) is 0.236. The second-order valence-corrected chi connectivity index (χ2v) is 9.20. The topological polar surface area (TPSA) is 52.6 Å². The minimum absolute atomic E-state index is 0.164. The Bertz CT molecular complexity index is 1200. The Morgan fingerprint density at radius 2 is 1.69 bits per heavy atom. The number of benzene rings is 3.